The minimum absolute atomic E-state index is 0.0303. The number of carbonyl (C=O) groups excluding carboxylic acids is 3. The molecular weight excluding hydrogens is 490 g/mol. The summed E-state index contributed by atoms with van der Waals surface area (Å²) in [6.45, 7) is 3.19. The Hall–Kier alpha value is -4.05. The van der Waals surface area contributed by atoms with Crippen LogP contribution in [-0.2, 0) is 25.5 Å². The van der Waals surface area contributed by atoms with Gasteiger partial charge in [-0.1, -0.05) is 23.7 Å². The molecule has 0 radical (unpaired) electrons. The number of halogens is 1. The largest absolute Gasteiger partial charge is 0.464 e. The number of rotatable bonds is 9. The van der Waals surface area contributed by atoms with E-state index in [0.717, 1.165) is 0 Å². The number of urea groups is 1. The molecule has 11 heteroatoms. The SMILES string of the molecule is CCOC(=O)C1=C(COC(=O)CCc2ncc(-c3ccccc3Cl)o2)NC(=O)N[C@@H]1c1ccc(C)o1. The zero-order valence-electron chi connectivity index (χ0n) is 19.6. The number of ether oxygens (including phenoxy) is 2. The lowest BCUT2D eigenvalue weighted by molar-refractivity contribution is -0.143. The summed E-state index contributed by atoms with van der Waals surface area (Å²) in [5.41, 5.74) is 0.902. The van der Waals surface area contributed by atoms with E-state index < -0.39 is 24.0 Å². The summed E-state index contributed by atoms with van der Waals surface area (Å²) in [5, 5.41) is 5.71. The molecule has 2 amide bonds. The van der Waals surface area contributed by atoms with Gasteiger partial charge in [-0.2, -0.15) is 0 Å². The number of hydrogen-bond acceptors (Lipinski definition) is 8. The van der Waals surface area contributed by atoms with Crippen molar-refractivity contribution in [3.63, 3.8) is 0 Å². The van der Waals surface area contributed by atoms with Crippen molar-refractivity contribution >= 4 is 29.6 Å². The molecule has 0 saturated carbocycles. The van der Waals surface area contributed by atoms with Crippen molar-refractivity contribution in [3.05, 3.63) is 76.3 Å². The van der Waals surface area contributed by atoms with Gasteiger partial charge in [0.1, 0.15) is 24.2 Å². The normalized spacial score (nSPS) is 15.3. The van der Waals surface area contributed by atoms with E-state index >= 15 is 0 Å². The molecule has 3 aromatic rings. The number of nitrogens with zero attached hydrogens (tertiary/aromatic N) is 1. The minimum Gasteiger partial charge on any atom is -0.464 e. The van der Waals surface area contributed by atoms with Crippen molar-refractivity contribution in [2.45, 2.75) is 32.7 Å². The van der Waals surface area contributed by atoms with Crippen molar-refractivity contribution in [2.75, 3.05) is 13.2 Å². The molecule has 4 rings (SSSR count). The van der Waals surface area contributed by atoms with Gasteiger partial charge >= 0.3 is 18.0 Å². The number of benzene rings is 1. The Kier molecular flexibility index (Phi) is 7.74. The molecule has 1 aliphatic rings. The fraction of sp³-hybridized carbons (Fsp3) is 0.280. The van der Waals surface area contributed by atoms with Gasteiger partial charge in [0.15, 0.2) is 11.7 Å². The highest BCUT2D eigenvalue weighted by Gasteiger charge is 2.36. The Bertz CT molecular complexity index is 1310. The topological polar surface area (TPSA) is 133 Å². The summed E-state index contributed by atoms with van der Waals surface area (Å²) in [7, 11) is 0. The lowest BCUT2D eigenvalue weighted by Gasteiger charge is -2.27. The molecule has 1 aliphatic heterocycles. The molecule has 2 N–H and O–H groups in total. The maximum Gasteiger partial charge on any atom is 0.338 e. The lowest BCUT2D eigenvalue weighted by Crippen LogP contribution is -2.47. The lowest BCUT2D eigenvalue weighted by atomic mass is 10.0. The van der Waals surface area contributed by atoms with Gasteiger partial charge in [0.05, 0.1) is 35.5 Å². The average Bonchev–Trinajstić information content (AvgIpc) is 3.50. The first-order valence-corrected chi connectivity index (χ1v) is 11.6. The quantitative estimate of drug-likeness (QED) is 0.406. The summed E-state index contributed by atoms with van der Waals surface area (Å²) < 4.78 is 21.8. The van der Waals surface area contributed by atoms with E-state index in [1.54, 1.807) is 44.3 Å². The number of aromatic nitrogens is 1. The van der Waals surface area contributed by atoms with Crippen molar-refractivity contribution < 1.29 is 32.7 Å². The van der Waals surface area contributed by atoms with E-state index in [2.05, 4.69) is 15.6 Å². The van der Waals surface area contributed by atoms with Gasteiger partial charge in [-0.25, -0.2) is 14.6 Å². The molecule has 1 atom stereocenters. The maximum atomic E-state index is 12.7. The molecule has 3 heterocycles. The molecule has 1 aromatic carbocycles. The zero-order chi connectivity index (χ0) is 25.7. The van der Waals surface area contributed by atoms with Gasteiger partial charge < -0.3 is 28.9 Å². The van der Waals surface area contributed by atoms with Crippen LogP contribution < -0.4 is 10.6 Å². The van der Waals surface area contributed by atoms with Crippen LogP contribution in [0.5, 0.6) is 0 Å². The zero-order valence-corrected chi connectivity index (χ0v) is 20.4. The first-order chi connectivity index (χ1) is 17.4. The Morgan fingerprint density at radius 1 is 1.14 bits per heavy atom. The second kappa shape index (κ2) is 11.1. The minimum atomic E-state index is -0.893. The summed E-state index contributed by atoms with van der Waals surface area (Å²) >= 11 is 6.19. The third-order valence-electron chi connectivity index (χ3n) is 5.31. The summed E-state index contributed by atoms with van der Waals surface area (Å²) in [6, 6.07) is 9.10. The van der Waals surface area contributed by atoms with Crippen LogP contribution in [0.2, 0.25) is 5.02 Å². The van der Waals surface area contributed by atoms with Crippen LogP contribution in [0.1, 0.15) is 36.8 Å². The Labute approximate surface area is 211 Å². The first-order valence-electron chi connectivity index (χ1n) is 11.2. The molecule has 10 nitrogen and oxygen atoms in total. The number of hydrogen-bond donors (Lipinski definition) is 2. The molecule has 188 valence electrons. The highest BCUT2D eigenvalue weighted by molar-refractivity contribution is 6.33. The molecule has 0 spiro atoms. The number of amides is 2. The second-order valence-corrected chi connectivity index (χ2v) is 8.26. The highest BCUT2D eigenvalue weighted by Crippen LogP contribution is 2.30. The average molecular weight is 514 g/mol. The number of oxazole rings is 1. The van der Waals surface area contributed by atoms with E-state index in [1.807, 2.05) is 12.1 Å². The standard InChI is InChI=1S/C25H24ClN3O7/c1-3-33-24(31)22-17(28-25(32)29-23(22)18-9-8-14(2)35-18)13-34-21(30)11-10-20-27-12-19(36-20)15-6-4-5-7-16(15)26/h4-9,12,23H,3,10-11,13H2,1-2H3,(H2,28,29,32)/t23-/m1/s1. The first kappa shape index (κ1) is 25.1. The highest BCUT2D eigenvalue weighted by atomic mass is 35.5. The van der Waals surface area contributed by atoms with Crippen LogP contribution >= 0.6 is 11.6 Å². The molecule has 36 heavy (non-hydrogen) atoms. The Morgan fingerprint density at radius 2 is 1.94 bits per heavy atom. The van der Waals surface area contributed by atoms with Crippen LogP contribution in [0.3, 0.4) is 0 Å². The van der Waals surface area contributed by atoms with Crippen LogP contribution in [0.25, 0.3) is 11.3 Å². The van der Waals surface area contributed by atoms with Gasteiger partial charge in [-0.15, -0.1) is 0 Å². The summed E-state index contributed by atoms with van der Waals surface area (Å²) in [6.07, 6.45) is 1.70. The van der Waals surface area contributed by atoms with Gasteiger partial charge in [-0.05, 0) is 38.1 Å². The van der Waals surface area contributed by atoms with Gasteiger partial charge in [0.25, 0.3) is 0 Å². The Morgan fingerprint density at radius 3 is 2.67 bits per heavy atom. The van der Waals surface area contributed by atoms with Crippen LogP contribution in [-0.4, -0.2) is 36.2 Å². The van der Waals surface area contributed by atoms with E-state index in [-0.39, 0.29) is 37.3 Å². The van der Waals surface area contributed by atoms with Crippen molar-refractivity contribution in [3.8, 4) is 11.3 Å². The van der Waals surface area contributed by atoms with Crippen molar-refractivity contribution in [1.82, 2.24) is 15.6 Å². The smallest absolute Gasteiger partial charge is 0.338 e. The molecular formula is C25H24ClN3O7. The second-order valence-electron chi connectivity index (χ2n) is 7.85. The van der Waals surface area contributed by atoms with Gasteiger partial charge in [0.2, 0.25) is 0 Å². The van der Waals surface area contributed by atoms with Crippen molar-refractivity contribution in [1.29, 1.82) is 0 Å². The molecule has 0 bridgehead atoms. The monoisotopic (exact) mass is 513 g/mol. The number of carbonyl (C=O) groups is 3. The number of nitrogens with one attached hydrogen (secondary N) is 2. The Balaban J connectivity index is 1.43. The van der Waals surface area contributed by atoms with Crippen LogP contribution in [0.15, 0.2) is 62.7 Å². The summed E-state index contributed by atoms with van der Waals surface area (Å²) in [5.74, 6) is 0.565. The maximum absolute atomic E-state index is 12.7. The molecule has 0 saturated heterocycles. The van der Waals surface area contributed by atoms with Crippen LogP contribution in [0, 0.1) is 6.92 Å². The molecule has 0 unspecified atom stereocenters. The fourth-order valence-corrected chi connectivity index (χ4v) is 3.88. The van der Waals surface area contributed by atoms with E-state index in [9.17, 15) is 14.4 Å². The molecule has 0 aliphatic carbocycles. The molecule has 2 aromatic heterocycles. The van der Waals surface area contributed by atoms with Gasteiger partial charge in [0, 0.05) is 12.0 Å². The third kappa shape index (κ3) is 5.77. The van der Waals surface area contributed by atoms with E-state index in [4.69, 9.17) is 29.9 Å². The number of aryl methyl sites for hydroxylation is 2. The van der Waals surface area contributed by atoms with Crippen LogP contribution in [0.4, 0.5) is 4.79 Å². The number of furan rings is 1. The van der Waals surface area contributed by atoms with E-state index in [1.165, 1.54) is 0 Å². The van der Waals surface area contributed by atoms with Crippen molar-refractivity contribution in [2.24, 2.45) is 0 Å². The predicted molar refractivity (Wildman–Crippen MR) is 128 cm³/mol. The third-order valence-corrected chi connectivity index (χ3v) is 5.64. The van der Waals surface area contributed by atoms with E-state index in [0.29, 0.717) is 33.8 Å². The number of esters is 2. The molecule has 0 fully saturated rings. The fourth-order valence-electron chi connectivity index (χ4n) is 3.65. The predicted octanol–water partition coefficient (Wildman–Crippen LogP) is 4.24. The summed E-state index contributed by atoms with van der Waals surface area (Å²) in [4.78, 5) is 41.6. The van der Waals surface area contributed by atoms with Gasteiger partial charge in [-0.3, -0.25) is 4.79 Å².